The summed E-state index contributed by atoms with van der Waals surface area (Å²) in [5.74, 6) is 0.974. The number of hydrogen-bond donors (Lipinski definition) is 0. The Morgan fingerprint density at radius 3 is 2.86 bits per heavy atom. The summed E-state index contributed by atoms with van der Waals surface area (Å²) < 4.78 is 6.87. The van der Waals surface area contributed by atoms with Gasteiger partial charge in [-0.1, -0.05) is 29.0 Å². The molecule has 1 aromatic heterocycles. The third-order valence-electron chi connectivity index (χ3n) is 5.03. The Hall–Kier alpha value is -1.82. The van der Waals surface area contributed by atoms with Gasteiger partial charge in [-0.05, 0) is 61.7 Å². The maximum atomic E-state index is 6.13. The standard InChI is InChI=1S/C22H26ClN3OS/c1-3-27-19-12-16(2)11-17(13-19)15-25-7-4-8-26(10-9-25)22-24-20-6-5-18(23)14-21(20)28-22/h5-6,11-14H,3-4,7-10,15H2,1-2H3. The second-order valence-electron chi connectivity index (χ2n) is 7.31. The SMILES string of the molecule is CCOc1cc(C)cc(CN2CCCN(c3nc4ccc(Cl)cc4s3)CC2)c1. The van der Waals surface area contributed by atoms with E-state index in [2.05, 4.69) is 34.9 Å². The van der Waals surface area contributed by atoms with Crippen molar-refractivity contribution in [2.75, 3.05) is 37.7 Å². The molecule has 148 valence electrons. The molecular weight excluding hydrogens is 390 g/mol. The summed E-state index contributed by atoms with van der Waals surface area (Å²) >= 11 is 7.86. The lowest BCUT2D eigenvalue weighted by molar-refractivity contribution is 0.284. The van der Waals surface area contributed by atoms with Gasteiger partial charge < -0.3 is 9.64 Å². The topological polar surface area (TPSA) is 28.6 Å². The molecule has 6 heteroatoms. The maximum absolute atomic E-state index is 6.13. The molecule has 1 saturated heterocycles. The molecule has 4 nitrogen and oxygen atoms in total. The number of hydrogen-bond acceptors (Lipinski definition) is 5. The summed E-state index contributed by atoms with van der Waals surface area (Å²) in [5, 5.41) is 1.88. The summed E-state index contributed by atoms with van der Waals surface area (Å²) in [5.41, 5.74) is 3.62. The van der Waals surface area contributed by atoms with Crippen LogP contribution in [0.3, 0.4) is 0 Å². The molecule has 1 aliphatic rings. The van der Waals surface area contributed by atoms with Gasteiger partial charge in [0.1, 0.15) is 5.75 Å². The second kappa shape index (κ2) is 8.68. The van der Waals surface area contributed by atoms with Crippen molar-refractivity contribution in [2.24, 2.45) is 0 Å². The number of nitrogens with zero attached hydrogens (tertiary/aromatic N) is 3. The van der Waals surface area contributed by atoms with E-state index in [9.17, 15) is 0 Å². The number of fused-ring (bicyclic) bond motifs is 1. The van der Waals surface area contributed by atoms with Gasteiger partial charge in [0.25, 0.3) is 0 Å². The molecule has 2 aromatic carbocycles. The highest BCUT2D eigenvalue weighted by Gasteiger charge is 2.18. The van der Waals surface area contributed by atoms with Crippen LogP contribution < -0.4 is 9.64 Å². The fourth-order valence-electron chi connectivity index (χ4n) is 3.77. The van der Waals surface area contributed by atoms with Crippen LogP contribution in [0.1, 0.15) is 24.5 Å². The van der Waals surface area contributed by atoms with Gasteiger partial charge in [-0.25, -0.2) is 4.98 Å². The Morgan fingerprint density at radius 1 is 1.11 bits per heavy atom. The molecule has 0 saturated carbocycles. The molecule has 0 unspecified atom stereocenters. The Balaban J connectivity index is 1.43. The van der Waals surface area contributed by atoms with E-state index in [0.29, 0.717) is 6.61 Å². The zero-order valence-corrected chi connectivity index (χ0v) is 18.0. The predicted octanol–water partition coefficient (Wildman–Crippen LogP) is 5.37. The highest BCUT2D eigenvalue weighted by Crippen LogP contribution is 2.31. The number of ether oxygens (including phenoxy) is 1. The van der Waals surface area contributed by atoms with Crippen molar-refractivity contribution < 1.29 is 4.74 Å². The lowest BCUT2D eigenvalue weighted by Gasteiger charge is -2.22. The van der Waals surface area contributed by atoms with Crippen molar-refractivity contribution >= 4 is 38.3 Å². The number of aromatic nitrogens is 1. The van der Waals surface area contributed by atoms with Crippen LogP contribution in [-0.4, -0.2) is 42.7 Å². The van der Waals surface area contributed by atoms with E-state index < -0.39 is 0 Å². The van der Waals surface area contributed by atoms with Crippen LogP contribution in [0.15, 0.2) is 36.4 Å². The van der Waals surface area contributed by atoms with Crippen molar-refractivity contribution in [3.05, 3.63) is 52.5 Å². The maximum Gasteiger partial charge on any atom is 0.186 e. The average Bonchev–Trinajstić information content (AvgIpc) is 2.92. The summed E-state index contributed by atoms with van der Waals surface area (Å²) in [4.78, 5) is 9.78. The van der Waals surface area contributed by atoms with Gasteiger partial charge in [-0.2, -0.15) is 0 Å². The number of thiazole rings is 1. The Kier molecular flexibility index (Phi) is 6.04. The van der Waals surface area contributed by atoms with Crippen LogP contribution in [0.2, 0.25) is 5.02 Å². The molecule has 0 amide bonds. The normalized spacial score (nSPS) is 15.8. The molecule has 0 aliphatic carbocycles. The van der Waals surface area contributed by atoms with E-state index >= 15 is 0 Å². The Morgan fingerprint density at radius 2 is 2.00 bits per heavy atom. The van der Waals surface area contributed by atoms with Crippen LogP contribution in [0.4, 0.5) is 5.13 Å². The monoisotopic (exact) mass is 415 g/mol. The van der Waals surface area contributed by atoms with E-state index in [1.807, 2.05) is 25.1 Å². The van der Waals surface area contributed by atoms with Crippen LogP contribution in [-0.2, 0) is 6.54 Å². The minimum Gasteiger partial charge on any atom is -0.494 e. The molecular formula is C22H26ClN3OS. The van der Waals surface area contributed by atoms with E-state index in [1.165, 1.54) is 11.1 Å². The van der Waals surface area contributed by atoms with Crippen LogP contribution >= 0.6 is 22.9 Å². The molecule has 0 bridgehead atoms. The zero-order valence-electron chi connectivity index (χ0n) is 16.4. The van der Waals surface area contributed by atoms with Crippen molar-refractivity contribution in [3.63, 3.8) is 0 Å². The van der Waals surface area contributed by atoms with E-state index in [1.54, 1.807) is 11.3 Å². The van der Waals surface area contributed by atoms with Crippen molar-refractivity contribution in [2.45, 2.75) is 26.8 Å². The fourth-order valence-corrected chi connectivity index (χ4v) is 5.06. The first-order valence-corrected chi connectivity index (χ1v) is 11.1. The van der Waals surface area contributed by atoms with Crippen molar-refractivity contribution in [1.82, 2.24) is 9.88 Å². The molecule has 2 heterocycles. The summed E-state index contributed by atoms with van der Waals surface area (Å²) in [7, 11) is 0. The molecule has 0 N–H and O–H groups in total. The Labute approximate surface area is 175 Å². The number of benzene rings is 2. The van der Waals surface area contributed by atoms with E-state index in [4.69, 9.17) is 21.3 Å². The molecule has 3 aromatic rings. The number of aryl methyl sites for hydroxylation is 1. The van der Waals surface area contributed by atoms with Gasteiger partial charge in [0, 0.05) is 37.7 Å². The molecule has 4 rings (SSSR count). The first kappa shape index (κ1) is 19.5. The smallest absolute Gasteiger partial charge is 0.186 e. The highest BCUT2D eigenvalue weighted by molar-refractivity contribution is 7.22. The summed E-state index contributed by atoms with van der Waals surface area (Å²) in [6.45, 7) is 10.0. The molecule has 0 atom stereocenters. The predicted molar refractivity (Wildman–Crippen MR) is 119 cm³/mol. The lowest BCUT2D eigenvalue weighted by atomic mass is 10.1. The number of rotatable bonds is 5. The number of halogens is 1. The molecule has 1 fully saturated rings. The largest absolute Gasteiger partial charge is 0.494 e. The summed E-state index contributed by atoms with van der Waals surface area (Å²) in [6.07, 6.45) is 1.14. The van der Waals surface area contributed by atoms with Gasteiger partial charge in [-0.3, -0.25) is 4.90 Å². The quantitative estimate of drug-likeness (QED) is 0.560. The van der Waals surface area contributed by atoms with Crippen LogP contribution in [0.25, 0.3) is 10.2 Å². The van der Waals surface area contributed by atoms with Crippen molar-refractivity contribution in [3.8, 4) is 5.75 Å². The van der Waals surface area contributed by atoms with E-state index in [-0.39, 0.29) is 0 Å². The Bertz CT molecular complexity index is 958. The van der Waals surface area contributed by atoms with Gasteiger partial charge in [0.15, 0.2) is 5.13 Å². The van der Waals surface area contributed by atoms with Crippen molar-refractivity contribution in [1.29, 1.82) is 0 Å². The molecule has 28 heavy (non-hydrogen) atoms. The van der Waals surface area contributed by atoms with E-state index in [0.717, 1.165) is 65.3 Å². The average molecular weight is 416 g/mol. The van der Waals surface area contributed by atoms with Crippen LogP contribution in [0.5, 0.6) is 5.75 Å². The fraction of sp³-hybridized carbons (Fsp3) is 0.409. The zero-order chi connectivity index (χ0) is 19.5. The lowest BCUT2D eigenvalue weighted by Crippen LogP contribution is -2.30. The minimum atomic E-state index is 0.703. The second-order valence-corrected chi connectivity index (χ2v) is 8.76. The minimum absolute atomic E-state index is 0.703. The van der Waals surface area contributed by atoms with Gasteiger partial charge in [0.2, 0.25) is 0 Å². The first-order valence-electron chi connectivity index (χ1n) is 9.87. The summed E-state index contributed by atoms with van der Waals surface area (Å²) in [6, 6.07) is 12.5. The van der Waals surface area contributed by atoms with Gasteiger partial charge in [0.05, 0.1) is 16.8 Å². The number of anilines is 1. The third kappa shape index (κ3) is 4.59. The first-order chi connectivity index (χ1) is 13.6. The van der Waals surface area contributed by atoms with Crippen LogP contribution in [0, 0.1) is 6.92 Å². The molecule has 0 radical (unpaired) electrons. The molecule has 0 spiro atoms. The van der Waals surface area contributed by atoms with Gasteiger partial charge in [-0.15, -0.1) is 0 Å². The third-order valence-corrected chi connectivity index (χ3v) is 6.34. The van der Waals surface area contributed by atoms with Gasteiger partial charge >= 0.3 is 0 Å². The molecule has 1 aliphatic heterocycles. The highest BCUT2D eigenvalue weighted by atomic mass is 35.5.